The number of aromatic nitrogens is 4. The fourth-order valence-corrected chi connectivity index (χ4v) is 4.21. The molecule has 35 heavy (non-hydrogen) atoms. The third-order valence-electron chi connectivity index (χ3n) is 5.07. The van der Waals surface area contributed by atoms with Crippen LogP contribution in [-0.2, 0) is 18.7 Å². The van der Waals surface area contributed by atoms with Crippen LogP contribution in [0.15, 0.2) is 42.5 Å². The highest BCUT2D eigenvalue weighted by molar-refractivity contribution is 7.15. The second kappa shape index (κ2) is 9.07. The SMILES string of the molecule is Cc1nc(-c2ccc(C(C)(F)F)cc2)sc1COc1cc(-c2nn[nH]c2C#N)cc(C(F)(F)F)c1. The Morgan fingerprint density at radius 1 is 1.03 bits per heavy atom. The zero-order valence-electron chi connectivity index (χ0n) is 18.2. The van der Waals surface area contributed by atoms with Crippen LogP contribution in [0.4, 0.5) is 22.0 Å². The van der Waals surface area contributed by atoms with Crippen LogP contribution in [0.2, 0.25) is 0 Å². The van der Waals surface area contributed by atoms with Gasteiger partial charge in [0.15, 0.2) is 5.69 Å². The molecule has 0 aliphatic carbocycles. The smallest absolute Gasteiger partial charge is 0.416 e. The van der Waals surface area contributed by atoms with Gasteiger partial charge < -0.3 is 4.74 Å². The molecule has 2 heterocycles. The normalized spacial score (nSPS) is 11.9. The lowest BCUT2D eigenvalue weighted by atomic mass is 10.1. The van der Waals surface area contributed by atoms with E-state index in [9.17, 15) is 22.0 Å². The van der Waals surface area contributed by atoms with Crippen molar-refractivity contribution in [3.63, 3.8) is 0 Å². The molecule has 0 aliphatic rings. The highest BCUT2D eigenvalue weighted by Gasteiger charge is 2.32. The van der Waals surface area contributed by atoms with Gasteiger partial charge in [-0.15, -0.1) is 16.4 Å². The number of hydrogen-bond donors (Lipinski definition) is 1. The van der Waals surface area contributed by atoms with E-state index in [0.717, 1.165) is 19.1 Å². The molecule has 0 amide bonds. The predicted molar refractivity (Wildman–Crippen MR) is 118 cm³/mol. The summed E-state index contributed by atoms with van der Waals surface area (Å²) in [5, 5.41) is 19.2. The molecule has 4 aromatic rings. The van der Waals surface area contributed by atoms with Crippen molar-refractivity contribution in [1.82, 2.24) is 20.4 Å². The second-order valence-corrected chi connectivity index (χ2v) is 8.76. The Bertz CT molecular complexity index is 1400. The molecule has 1 N–H and O–H groups in total. The number of nitrogens with one attached hydrogen (secondary N) is 1. The number of benzene rings is 2. The molecule has 0 fully saturated rings. The monoisotopic (exact) mass is 505 g/mol. The zero-order valence-corrected chi connectivity index (χ0v) is 19.1. The Balaban J connectivity index is 1.60. The number of halogens is 5. The number of ether oxygens (including phenoxy) is 1. The van der Waals surface area contributed by atoms with Crippen LogP contribution in [-0.4, -0.2) is 20.4 Å². The molecule has 0 aliphatic heterocycles. The third-order valence-corrected chi connectivity index (χ3v) is 6.25. The zero-order chi connectivity index (χ0) is 25.4. The van der Waals surface area contributed by atoms with Crippen molar-refractivity contribution in [1.29, 1.82) is 5.26 Å². The Morgan fingerprint density at radius 2 is 1.74 bits per heavy atom. The molecule has 0 saturated carbocycles. The lowest BCUT2D eigenvalue weighted by Gasteiger charge is -2.12. The molecule has 0 unspecified atom stereocenters. The first-order chi connectivity index (χ1) is 16.5. The lowest BCUT2D eigenvalue weighted by Crippen LogP contribution is -2.06. The Kier molecular flexibility index (Phi) is 6.29. The van der Waals surface area contributed by atoms with Crippen LogP contribution in [0.3, 0.4) is 0 Å². The van der Waals surface area contributed by atoms with Gasteiger partial charge in [-0.25, -0.2) is 18.9 Å². The first-order valence-electron chi connectivity index (χ1n) is 10.1. The Hall–Kier alpha value is -3.85. The van der Waals surface area contributed by atoms with Crippen molar-refractivity contribution in [2.45, 2.75) is 32.6 Å². The number of alkyl halides is 5. The molecule has 0 bridgehead atoms. The van der Waals surface area contributed by atoms with Gasteiger partial charge >= 0.3 is 6.18 Å². The molecule has 0 saturated heterocycles. The summed E-state index contributed by atoms with van der Waals surface area (Å²) in [5.74, 6) is -3.04. The largest absolute Gasteiger partial charge is 0.488 e. The standard InChI is InChI=1S/C23H16F5N5OS/c1-12-19(35-21(30-12)13-3-5-15(6-4-13)22(2,24)25)11-34-17-8-14(7-16(9-17)23(26,27)28)20-18(10-29)31-33-32-20/h3-9H,11H2,1-2H3,(H,31,32,33). The van der Waals surface area contributed by atoms with E-state index in [0.29, 0.717) is 21.1 Å². The minimum atomic E-state index is -4.65. The van der Waals surface area contributed by atoms with Gasteiger partial charge in [0, 0.05) is 23.6 Å². The van der Waals surface area contributed by atoms with Crippen LogP contribution in [0.25, 0.3) is 21.8 Å². The minimum Gasteiger partial charge on any atom is -0.488 e. The van der Waals surface area contributed by atoms with Crippen LogP contribution < -0.4 is 4.74 Å². The van der Waals surface area contributed by atoms with E-state index in [1.807, 2.05) is 0 Å². The van der Waals surface area contributed by atoms with Gasteiger partial charge in [0.25, 0.3) is 5.92 Å². The number of thiazole rings is 1. The van der Waals surface area contributed by atoms with Gasteiger partial charge in [-0.05, 0) is 25.1 Å². The lowest BCUT2D eigenvalue weighted by molar-refractivity contribution is -0.137. The van der Waals surface area contributed by atoms with Gasteiger partial charge in [0.2, 0.25) is 0 Å². The summed E-state index contributed by atoms with van der Waals surface area (Å²) in [6, 6.07) is 10.6. The van der Waals surface area contributed by atoms with Gasteiger partial charge in [-0.2, -0.15) is 18.4 Å². The van der Waals surface area contributed by atoms with Gasteiger partial charge in [0.05, 0.1) is 16.1 Å². The fraction of sp³-hybridized carbons (Fsp3) is 0.217. The molecule has 6 nitrogen and oxygen atoms in total. The maximum Gasteiger partial charge on any atom is 0.416 e. The number of hydrogen-bond acceptors (Lipinski definition) is 6. The van der Waals surface area contributed by atoms with E-state index >= 15 is 0 Å². The molecule has 0 spiro atoms. The number of H-pyrrole nitrogens is 1. The summed E-state index contributed by atoms with van der Waals surface area (Å²) >= 11 is 1.25. The van der Waals surface area contributed by atoms with E-state index in [1.165, 1.54) is 29.5 Å². The average molecular weight is 505 g/mol. The van der Waals surface area contributed by atoms with Crippen molar-refractivity contribution in [3.05, 3.63) is 69.9 Å². The first-order valence-corrected chi connectivity index (χ1v) is 10.9. The van der Waals surface area contributed by atoms with Crippen molar-refractivity contribution in [2.24, 2.45) is 0 Å². The molecule has 2 aromatic carbocycles. The summed E-state index contributed by atoms with van der Waals surface area (Å²) in [5.41, 5.74) is 0.0659. The van der Waals surface area contributed by atoms with Crippen LogP contribution in [0, 0.1) is 18.3 Å². The number of aromatic amines is 1. The first kappa shape index (κ1) is 24.3. The van der Waals surface area contributed by atoms with Crippen molar-refractivity contribution in [3.8, 4) is 33.6 Å². The maximum atomic E-state index is 13.5. The number of nitriles is 1. The molecular formula is C23H16F5N5OS. The highest BCUT2D eigenvalue weighted by atomic mass is 32.1. The molecule has 4 rings (SSSR count). The maximum absolute atomic E-state index is 13.5. The van der Waals surface area contributed by atoms with E-state index < -0.39 is 17.7 Å². The molecule has 12 heteroatoms. The quantitative estimate of drug-likeness (QED) is 0.303. The van der Waals surface area contributed by atoms with Crippen molar-refractivity contribution < 1.29 is 26.7 Å². The third kappa shape index (κ3) is 5.30. The van der Waals surface area contributed by atoms with E-state index in [-0.39, 0.29) is 34.9 Å². The van der Waals surface area contributed by atoms with Crippen molar-refractivity contribution >= 4 is 11.3 Å². The van der Waals surface area contributed by atoms with Gasteiger partial charge in [0.1, 0.15) is 29.1 Å². The minimum absolute atomic E-state index is 0.0228. The molecule has 2 aromatic heterocycles. The Labute approximate surface area is 200 Å². The highest BCUT2D eigenvalue weighted by Crippen LogP contribution is 2.37. The average Bonchev–Trinajstić information content (AvgIpc) is 3.43. The Morgan fingerprint density at radius 3 is 2.37 bits per heavy atom. The van der Waals surface area contributed by atoms with Crippen molar-refractivity contribution in [2.75, 3.05) is 0 Å². The van der Waals surface area contributed by atoms with Crippen LogP contribution >= 0.6 is 11.3 Å². The predicted octanol–water partition coefficient (Wildman–Crippen LogP) is 6.48. The summed E-state index contributed by atoms with van der Waals surface area (Å²) in [6.45, 7) is 2.46. The van der Waals surface area contributed by atoms with Crippen LogP contribution in [0.1, 0.15) is 34.3 Å². The molecule has 0 radical (unpaired) electrons. The summed E-state index contributed by atoms with van der Waals surface area (Å²) in [6.07, 6.45) is -4.65. The van der Waals surface area contributed by atoms with Crippen LogP contribution in [0.5, 0.6) is 5.75 Å². The van der Waals surface area contributed by atoms with E-state index in [1.54, 1.807) is 25.1 Å². The summed E-state index contributed by atoms with van der Waals surface area (Å²) in [4.78, 5) is 5.09. The van der Waals surface area contributed by atoms with Gasteiger partial charge in [-0.1, -0.05) is 29.5 Å². The molecular weight excluding hydrogens is 489 g/mol. The topological polar surface area (TPSA) is 87.5 Å². The summed E-state index contributed by atoms with van der Waals surface area (Å²) in [7, 11) is 0. The molecule has 180 valence electrons. The molecule has 0 atom stereocenters. The second-order valence-electron chi connectivity index (χ2n) is 7.67. The van der Waals surface area contributed by atoms with Gasteiger partial charge in [-0.3, -0.25) is 0 Å². The fourth-order valence-electron chi connectivity index (χ4n) is 3.23. The number of nitrogens with zero attached hydrogens (tertiary/aromatic N) is 4. The number of rotatable bonds is 6. The summed E-state index contributed by atoms with van der Waals surface area (Å²) < 4.78 is 73.0. The number of aryl methyl sites for hydroxylation is 1. The van der Waals surface area contributed by atoms with E-state index in [4.69, 9.17) is 10.00 Å². The van der Waals surface area contributed by atoms with E-state index in [2.05, 4.69) is 20.4 Å².